The van der Waals surface area contributed by atoms with Gasteiger partial charge in [0.25, 0.3) is 0 Å². The smallest absolute Gasteiger partial charge is 0.244 e. The van der Waals surface area contributed by atoms with Crippen molar-refractivity contribution in [2.75, 3.05) is 44.3 Å². The molecular weight excluding hydrogens is 631 g/mol. The molecule has 44 heavy (non-hydrogen) atoms. The van der Waals surface area contributed by atoms with Crippen molar-refractivity contribution in [3.8, 4) is 0 Å². The molecule has 0 bridgehead atoms. The Kier molecular flexibility index (Phi) is 13.7. The average molecular weight is 666 g/mol. The van der Waals surface area contributed by atoms with Gasteiger partial charge in [-0.05, 0) is 31.0 Å². The number of carbonyl (C=O) groups is 8. The van der Waals surface area contributed by atoms with E-state index in [0.29, 0.717) is 12.1 Å². The van der Waals surface area contributed by atoms with Crippen molar-refractivity contribution in [2.24, 2.45) is 0 Å². The molecule has 0 aromatic heterocycles. The van der Waals surface area contributed by atoms with E-state index in [1.165, 1.54) is 35.6 Å². The Morgan fingerprint density at radius 1 is 0.955 bits per heavy atom. The number of benzene rings is 1. The molecule has 2 saturated heterocycles. The molecule has 3 N–H and O–H groups in total. The number of hydrogen-bond acceptors (Lipinski definition) is 11. The summed E-state index contributed by atoms with van der Waals surface area (Å²) in [4.78, 5) is 100. The first kappa shape index (κ1) is 35.1. The predicted octanol–water partition coefficient (Wildman–Crippen LogP) is 0.769. The molecule has 1 unspecified atom stereocenters. The van der Waals surface area contributed by atoms with Gasteiger partial charge in [0.1, 0.15) is 16.9 Å². The van der Waals surface area contributed by atoms with Crippen molar-refractivity contribution in [1.29, 1.82) is 0 Å². The maximum Gasteiger partial charge on any atom is 0.244 e. The molecule has 16 heteroatoms. The molecule has 1 aromatic carbocycles. The van der Waals surface area contributed by atoms with Crippen LogP contribution in [0.15, 0.2) is 24.3 Å². The maximum absolute atomic E-state index is 13.1. The molecule has 0 saturated carbocycles. The van der Waals surface area contributed by atoms with E-state index in [4.69, 9.17) is 0 Å². The lowest BCUT2D eigenvalue weighted by Gasteiger charge is -2.23. The van der Waals surface area contributed by atoms with Crippen molar-refractivity contribution in [2.45, 2.75) is 48.9 Å². The van der Waals surface area contributed by atoms with Gasteiger partial charge in [-0.25, -0.2) is 0 Å². The van der Waals surface area contributed by atoms with E-state index < -0.39 is 35.4 Å². The number of hydrogen-bond donors (Lipinski definition) is 3. The minimum atomic E-state index is -0.669. The van der Waals surface area contributed by atoms with Crippen LogP contribution < -0.4 is 16.0 Å². The lowest BCUT2D eigenvalue weighted by Crippen LogP contribution is -2.43. The molecule has 0 radical (unpaired) electrons. The fourth-order valence-corrected chi connectivity index (χ4v) is 6.34. The highest BCUT2D eigenvalue weighted by atomic mass is 33.2. The number of aryl methyl sites for hydroxylation is 1. The quantitative estimate of drug-likeness (QED) is 0.115. The topological polar surface area (TPSA) is 179 Å². The predicted molar refractivity (Wildman–Crippen MR) is 169 cm³/mol. The van der Waals surface area contributed by atoms with Crippen molar-refractivity contribution in [1.82, 2.24) is 20.4 Å². The highest BCUT2D eigenvalue weighted by molar-refractivity contribution is 8.93. The SMILES string of the molecule is CNC(=O)CCNC(=O)CCc1ccc(NC(=O)CN(CC(=O)C2SS2)C(=O)CCN2C(=O)CC(SCC(C)=O)C2=O)cc1. The van der Waals surface area contributed by atoms with Gasteiger partial charge >= 0.3 is 0 Å². The Balaban J connectivity index is 1.50. The molecule has 2 aliphatic heterocycles. The Hall–Kier alpha value is -3.37. The minimum Gasteiger partial charge on any atom is -0.359 e. The lowest BCUT2D eigenvalue weighted by molar-refractivity contribution is -0.141. The Bertz CT molecular complexity index is 1290. The van der Waals surface area contributed by atoms with Crippen LogP contribution in [-0.4, -0.2) is 106 Å². The van der Waals surface area contributed by atoms with E-state index in [-0.39, 0.29) is 79.0 Å². The molecule has 1 atom stereocenters. The number of likely N-dealkylation sites (tertiary alicyclic amines) is 1. The maximum atomic E-state index is 13.1. The standard InChI is InChI=1S/C28H35N5O8S3/c1-17(34)16-42-21-13-26(40)33(27(21)41)12-10-25(39)32(14-20(35)28-43-44-28)15-24(38)31-19-6-3-18(4-7-19)5-8-23(37)30-11-9-22(36)29-2/h3-4,6-7,21,28H,5,8-16H2,1-2H3,(H,29,36)(H,30,37)(H,31,38). The van der Waals surface area contributed by atoms with E-state index in [0.717, 1.165) is 27.1 Å². The summed E-state index contributed by atoms with van der Waals surface area (Å²) in [5.74, 6) is -2.51. The second-order valence-electron chi connectivity index (χ2n) is 10.1. The van der Waals surface area contributed by atoms with Crippen molar-refractivity contribution in [3.63, 3.8) is 0 Å². The number of carbonyl (C=O) groups excluding carboxylic acids is 8. The van der Waals surface area contributed by atoms with E-state index in [1.54, 1.807) is 24.3 Å². The van der Waals surface area contributed by atoms with Gasteiger partial charge in [-0.2, -0.15) is 0 Å². The highest BCUT2D eigenvalue weighted by Gasteiger charge is 2.39. The summed E-state index contributed by atoms with van der Waals surface area (Å²) in [5, 5.41) is 7.20. The summed E-state index contributed by atoms with van der Waals surface area (Å²) in [5.41, 5.74) is 1.32. The molecule has 6 amide bonds. The van der Waals surface area contributed by atoms with E-state index in [1.807, 2.05) is 0 Å². The lowest BCUT2D eigenvalue weighted by atomic mass is 10.1. The van der Waals surface area contributed by atoms with Gasteiger partial charge < -0.3 is 20.9 Å². The van der Waals surface area contributed by atoms with E-state index in [9.17, 15) is 38.4 Å². The molecule has 3 rings (SSSR count). The number of anilines is 1. The summed E-state index contributed by atoms with van der Waals surface area (Å²) < 4.78 is -0.292. The average Bonchev–Trinajstić information content (AvgIpc) is 3.80. The summed E-state index contributed by atoms with van der Waals surface area (Å²) in [6.45, 7) is 0.793. The summed E-state index contributed by atoms with van der Waals surface area (Å²) in [6, 6.07) is 6.84. The number of nitrogens with zero attached hydrogens (tertiary/aromatic N) is 2. The van der Waals surface area contributed by atoms with Gasteiger partial charge in [0.2, 0.25) is 35.4 Å². The monoisotopic (exact) mass is 665 g/mol. The van der Waals surface area contributed by atoms with Crippen molar-refractivity contribution >= 4 is 86.0 Å². The molecule has 2 heterocycles. The fourth-order valence-electron chi connectivity index (χ4n) is 4.15. The van der Waals surface area contributed by atoms with Gasteiger partial charge in [-0.15, -0.1) is 11.8 Å². The van der Waals surface area contributed by atoms with Crippen LogP contribution in [0, 0.1) is 0 Å². The normalized spacial score (nSPS) is 16.0. The molecule has 0 aliphatic carbocycles. The molecule has 13 nitrogen and oxygen atoms in total. The first-order chi connectivity index (χ1) is 21.0. The van der Waals surface area contributed by atoms with Crippen LogP contribution in [0.1, 0.15) is 38.2 Å². The first-order valence-electron chi connectivity index (χ1n) is 13.9. The Morgan fingerprint density at radius 3 is 2.30 bits per heavy atom. The highest BCUT2D eigenvalue weighted by Crippen LogP contribution is 2.53. The van der Waals surface area contributed by atoms with Crippen LogP contribution in [0.3, 0.4) is 0 Å². The van der Waals surface area contributed by atoms with E-state index in [2.05, 4.69) is 16.0 Å². The molecule has 2 aliphatic rings. The van der Waals surface area contributed by atoms with E-state index >= 15 is 0 Å². The van der Waals surface area contributed by atoms with Crippen LogP contribution in [-0.2, 0) is 44.8 Å². The largest absolute Gasteiger partial charge is 0.359 e. The summed E-state index contributed by atoms with van der Waals surface area (Å²) in [6.07, 6.45) is 0.597. The first-order valence-corrected chi connectivity index (χ1v) is 17.2. The summed E-state index contributed by atoms with van der Waals surface area (Å²) >= 11 is 1.10. The molecule has 0 spiro atoms. The van der Waals surface area contributed by atoms with Gasteiger partial charge in [0, 0.05) is 51.5 Å². The fraction of sp³-hybridized carbons (Fsp3) is 0.500. The van der Waals surface area contributed by atoms with Crippen molar-refractivity contribution in [3.05, 3.63) is 29.8 Å². The van der Waals surface area contributed by atoms with Crippen LogP contribution in [0.5, 0.6) is 0 Å². The minimum absolute atomic E-state index is 0.0448. The third kappa shape index (κ3) is 11.6. The molecule has 1 aromatic rings. The number of imide groups is 1. The van der Waals surface area contributed by atoms with Crippen LogP contribution >= 0.6 is 33.3 Å². The van der Waals surface area contributed by atoms with Gasteiger partial charge in [0.15, 0.2) is 5.78 Å². The number of thioether (sulfide) groups is 1. The van der Waals surface area contributed by atoms with Gasteiger partial charge in [-0.3, -0.25) is 43.3 Å². The zero-order valence-corrected chi connectivity index (χ0v) is 26.9. The summed E-state index contributed by atoms with van der Waals surface area (Å²) in [7, 11) is 4.27. The Labute approximate surface area is 267 Å². The van der Waals surface area contributed by atoms with Crippen LogP contribution in [0.4, 0.5) is 5.69 Å². The number of nitrogens with one attached hydrogen (secondary N) is 3. The molecular formula is C28H35N5O8S3. The second-order valence-corrected chi connectivity index (χ2v) is 14.1. The number of Topliss-reactive ketones (excluding diaryl/α,β-unsaturated/α-hetero) is 2. The third-order valence-corrected chi connectivity index (χ3v) is 9.97. The number of ketones is 2. The number of amides is 6. The van der Waals surface area contributed by atoms with Gasteiger partial charge in [-0.1, -0.05) is 33.7 Å². The van der Waals surface area contributed by atoms with Crippen LogP contribution in [0.2, 0.25) is 0 Å². The van der Waals surface area contributed by atoms with Crippen molar-refractivity contribution < 1.29 is 38.4 Å². The third-order valence-electron chi connectivity index (χ3n) is 6.56. The Morgan fingerprint density at radius 2 is 1.66 bits per heavy atom. The number of rotatable bonds is 18. The zero-order valence-electron chi connectivity index (χ0n) is 24.4. The zero-order chi connectivity index (χ0) is 32.2. The molecule has 238 valence electrons. The van der Waals surface area contributed by atoms with Crippen LogP contribution in [0.25, 0.3) is 0 Å². The second kappa shape index (κ2) is 17.2. The molecule has 2 fully saturated rings. The van der Waals surface area contributed by atoms with Gasteiger partial charge in [0.05, 0.1) is 17.5 Å².